The standard InChI is InChI=1S/C10H16N6O/c1-7-13-8(12-5-3-2-4-11)6-9-14-15-10(17)16(7)9/h6,12H,2-5,11H2,1H3,(H,15,17). The minimum absolute atomic E-state index is 0.264. The minimum Gasteiger partial charge on any atom is -0.370 e. The van der Waals surface area contributed by atoms with Gasteiger partial charge >= 0.3 is 5.69 Å². The lowest BCUT2D eigenvalue weighted by molar-refractivity contribution is 0.771. The number of nitrogens with zero attached hydrogens (tertiary/aromatic N) is 3. The van der Waals surface area contributed by atoms with Gasteiger partial charge in [0.2, 0.25) is 0 Å². The Bertz CT molecular complexity index is 557. The molecule has 0 aromatic carbocycles. The highest BCUT2D eigenvalue weighted by molar-refractivity contribution is 5.49. The highest BCUT2D eigenvalue weighted by atomic mass is 16.1. The van der Waals surface area contributed by atoms with Crippen LogP contribution < -0.4 is 16.7 Å². The molecule has 7 nitrogen and oxygen atoms in total. The fourth-order valence-corrected chi connectivity index (χ4v) is 1.67. The monoisotopic (exact) mass is 236 g/mol. The molecule has 0 saturated carbocycles. The van der Waals surface area contributed by atoms with Gasteiger partial charge in [0.25, 0.3) is 0 Å². The lowest BCUT2D eigenvalue weighted by Gasteiger charge is -2.06. The van der Waals surface area contributed by atoms with Crippen molar-refractivity contribution in [2.75, 3.05) is 18.4 Å². The Morgan fingerprint density at radius 3 is 3.12 bits per heavy atom. The number of nitrogens with one attached hydrogen (secondary N) is 2. The van der Waals surface area contributed by atoms with Crippen LogP contribution in [0.3, 0.4) is 0 Å². The van der Waals surface area contributed by atoms with E-state index >= 15 is 0 Å². The molecule has 0 spiro atoms. The molecule has 2 aromatic heterocycles. The first-order valence-corrected chi connectivity index (χ1v) is 5.61. The van der Waals surface area contributed by atoms with Crippen LogP contribution >= 0.6 is 0 Å². The van der Waals surface area contributed by atoms with Gasteiger partial charge in [0.05, 0.1) is 0 Å². The Kier molecular flexibility index (Phi) is 3.38. The Hall–Kier alpha value is -1.89. The van der Waals surface area contributed by atoms with Crippen LogP contribution in [-0.4, -0.2) is 32.7 Å². The highest BCUT2D eigenvalue weighted by Gasteiger charge is 2.05. The molecule has 0 radical (unpaired) electrons. The Morgan fingerprint density at radius 2 is 2.35 bits per heavy atom. The maximum Gasteiger partial charge on any atom is 0.349 e. The summed E-state index contributed by atoms with van der Waals surface area (Å²) in [6.07, 6.45) is 1.98. The molecule has 2 heterocycles. The zero-order valence-corrected chi connectivity index (χ0v) is 9.73. The molecule has 92 valence electrons. The third-order valence-electron chi connectivity index (χ3n) is 2.51. The van der Waals surface area contributed by atoms with Gasteiger partial charge in [-0.25, -0.2) is 19.3 Å². The van der Waals surface area contributed by atoms with E-state index in [2.05, 4.69) is 20.5 Å². The smallest absolute Gasteiger partial charge is 0.349 e. The first-order valence-electron chi connectivity index (χ1n) is 5.61. The predicted octanol–water partition coefficient (Wildman–Crippen LogP) is -0.123. The van der Waals surface area contributed by atoms with Crippen LogP contribution in [0.25, 0.3) is 5.65 Å². The molecule has 17 heavy (non-hydrogen) atoms. The predicted molar refractivity (Wildman–Crippen MR) is 65.1 cm³/mol. The third kappa shape index (κ3) is 2.44. The van der Waals surface area contributed by atoms with E-state index in [4.69, 9.17) is 5.73 Å². The molecule has 2 rings (SSSR count). The second kappa shape index (κ2) is 4.96. The molecule has 4 N–H and O–H groups in total. The molecule has 0 atom stereocenters. The number of hydrogen-bond acceptors (Lipinski definition) is 5. The molecular weight excluding hydrogens is 220 g/mol. The highest BCUT2D eigenvalue weighted by Crippen LogP contribution is 2.07. The number of aromatic amines is 1. The summed E-state index contributed by atoms with van der Waals surface area (Å²) < 4.78 is 1.44. The molecule has 0 aliphatic heterocycles. The van der Waals surface area contributed by atoms with Gasteiger partial charge < -0.3 is 11.1 Å². The molecular formula is C10H16N6O. The van der Waals surface area contributed by atoms with Gasteiger partial charge in [-0.2, -0.15) is 5.10 Å². The first-order chi connectivity index (χ1) is 8.22. The Balaban J connectivity index is 2.16. The fourth-order valence-electron chi connectivity index (χ4n) is 1.67. The molecule has 0 saturated heterocycles. The number of aryl methyl sites for hydroxylation is 1. The van der Waals surface area contributed by atoms with Gasteiger partial charge in [-0.3, -0.25) is 0 Å². The summed E-state index contributed by atoms with van der Waals surface area (Å²) in [7, 11) is 0. The molecule has 0 amide bonds. The van der Waals surface area contributed by atoms with E-state index in [-0.39, 0.29) is 5.69 Å². The number of unbranched alkanes of at least 4 members (excludes halogenated alkanes) is 1. The third-order valence-corrected chi connectivity index (χ3v) is 2.51. The molecule has 0 fully saturated rings. The fraction of sp³-hybridized carbons (Fsp3) is 0.500. The first kappa shape index (κ1) is 11.6. The number of aromatic nitrogens is 4. The molecule has 0 aliphatic carbocycles. The number of hydrogen-bond donors (Lipinski definition) is 3. The second-order valence-electron chi connectivity index (χ2n) is 3.83. The topological polar surface area (TPSA) is 101 Å². The van der Waals surface area contributed by atoms with Gasteiger partial charge in [0.15, 0.2) is 5.65 Å². The van der Waals surface area contributed by atoms with Crippen molar-refractivity contribution in [3.05, 3.63) is 22.4 Å². The molecule has 0 aliphatic rings. The quantitative estimate of drug-likeness (QED) is 0.628. The van der Waals surface area contributed by atoms with Crippen LogP contribution in [0.1, 0.15) is 18.7 Å². The van der Waals surface area contributed by atoms with Crippen LogP contribution in [0.4, 0.5) is 5.82 Å². The van der Waals surface area contributed by atoms with Crippen molar-refractivity contribution in [2.24, 2.45) is 5.73 Å². The molecule has 7 heteroatoms. The lowest BCUT2D eigenvalue weighted by atomic mass is 10.3. The number of H-pyrrole nitrogens is 1. The zero-order chi connectivity index (χ0) is 12.3. The van der Waals surface area contributed by atoms with Crippen LogP contribution in [0.5, 0.6) is 0 Å². The number of nitrogens with two attached hydrogens (primary N) is 1. The summed E-state index contributed by atoms with van der Waals surface area (Å²) in [4.78, 5) is 15.7. The minimum atomic E-state index is -0.264. The molecule has 2 aromatic rings. The van der Waals surface area contributed by atoms with Crippen LogP contribution in [0.2, 0.25) is 0 Å². The van der Waals surface area contributed by atoms with Crippen molar-refractivity contribution in [1.29, 1.82) is 0 Å². The largest absolute Gasteiger partial charge is 0.370 e. The van der Waals surface area contributed by atoms with E-state index in [0.717, 1.165) is 25.2 Å². The van der Waals surface area contributed by atoms with Crippen molar-refractivity contribution in [3.8, 4) is 0 Å². The maximum atomic E-state index is 11.4. The van der Waals surface area contributed by atoms with Crippen molar-refractivity contribution in [2.45, 2.75) is 19.8 Å². The van der Waals surface area contributed by atoms with Gasteiger partial charge in [-0.15, -0.1) is 0 Å². The van der Waals surface area contributed by atoms with Crippen molar-refractivity contribution >= 4 is 11.5 Å². The number of rotatable bonds is 5. The van der Waals surface area contributed by atoms with Gasteiger partial charge in [-0.05, 0) is 26.3 Å². The van der Waals surface area contributed by atoms with Crippen molar-refractivity contribution in [1.82, 2.24) is 19.6 Å². The van der Waals surface area contributed by atoms with E-state index in [1.807, 2.05) is 0 Å². The Morgan fingerprint density at radius 1 is 1.53 bits per heavy atom. The average Bonchev–Trinajstić information content (AvgIpc) is 2.67. The summed E-state index contributed by atoms with van der Waals surface area (Å²) in [6.45, 7) is 3.28. The van der Waals surface area contributed by atoms with Crippen LogP contribution in [-0.2, 0) is 0 Å². The Labute approximate surface area is 98.1 Å². The zero-order valence-electron chi connectivity index (χ0n) is 9.73. The summed E-state index contributed by atoms with van der Waals surface area (Å²) in [5, 5.41) is 9.49. The lowest BCUT2D eigenvalue weighted by Crippen LogP contribution is -2.14. The molecule has 0 bridgehead atoms. The van der Waals surface area contributed by atoms with E-state index in [0.29, 0.717) is 18.0 Å². The van der Waals surface area contributed by atoms with Gasteiger partial charge in [0, 0.05) is 12.6 Å². The van der Waals surface area contributed by atoms with E-state index in [9.17, 15) is 4.79 Å². The second-order valence-corrected chi connectivity index (χ2v) is 3.83. The number of anilines is 1. The summed E-state index contributed by atoms with van der Waals surface area (Å²) >= 11 is 0. The van der Waals surface area contributed by atoms with Gasteiger partial charge in [0.1, 0.15) is 11.6 Å². The average molecular weight is 236 g/mol. The van der Waals surface area contributed by atoms with E-state index in [1.54, 1.807) is 13.0 Å². The van der Waals surface area contributed by atoms with E-state index in [1.165, 1.54) is 4.40 Å². The maximum absolute atomic E-state index is 11.4. The molecule has 0 unspecified atom stereocenters. The van der Waals surface area contributed by atoms with Crippen LogP contribution in [0, 0.1) is 6.92 Å². The SMILES string of the molecule is Cc1nc(NCCCCN)cc2n[nH]c(=O)n12. The van der Waals surface area contributed by atoms with E-state index < -0.39 is 0 Å². The summed E-state index contributed by atoms with van der Waals surface area (Å²) in [5.41, 5.74) is 5.72. The summed E-state index contributed by atoms with van der Waals surface area (Å²) in [6, 6.07) is 1.74. The summed E-state index contributed by atoms with van der Waals surface area (Å²) in [5.74, 6) is 1.34. The van der Waals surface area contributed by atoms with Gasteiger partial charge in [-0.1, -0.05) is 0 Å². The van der Waals surface area contributed by atoms with Crippen molar-refractivity contribution < 1.29 is 0 Å². The number of fused-ring (bicyclic) bond motifs is 1. The normalized spacial score (nSPS) is 10.9. The van der Waals surface area contributed by atoms with Crippen molar-refractivity contribution in [3.63, 3.8) is 0 Å². The van der Waals surface area contributed by atoms with Crippen LogP contribution in [0.15, 0.2) is 10.9 Å².